The quantitative estimate of drug-likeness (QED) is 0.851. The Morgan fingerprint density at radius 3 is 2.81 bits per heavy atom. The third-order valence-corrected chi connectivity index (χ3v) is 5.96. The van der Waals surface area contributed by atoms with Crippen LogP contribution in [0.1, 0.15) is 49.4 Å². The summed E-state index contributed by atoms with van der Waals surface area (Å²) in [6.07, 6.45) is 3.41. The second-order valence-corrected chi connectivity index (χ2v) is 7.81. The van der Waals surface area contributed by atoms with E-state index in [0.29, 0.717) is 49.9 Å². The van der Waals surface area contributed by atoms with Gasteiger partial charge in [-0.15, -0.1) is 0 Å². The van der Waals surface area contributed by atoms with Gasteiger partial charge in [0.15, 0.2) is 0 Å². The number of aromatic amines is 1. The Labute approximate surface area is 158 Å². The fraction of sp³-hybridized carbons (Fsp3) is 0.524. The minimum absolute atomic E-state index is 0.0904. The number of nitrogens with zero attached hydrogens (tertiary/aromatic N) is 1. The van der Waals surface area contributed by atoms with E-state index in [1.54, 1.807) is 11.0 Å². The van der Waals surface area contributed by atoms with Crippen molar-refractivity contribution in [2.75, 3.05) is 13.1 Å². The average molecular weight is 370 g/mol. The number of nitrogens with one attached hydrogen (secondary N) is 1. The summed E-state index contributed by atoms with van der Waals surface area (Å²) in [6.45, 7) is 3.22. The lowest BCUT2D eigenvalue weighted by atomic mass is 9.81. The molecule has 1 amide bonds. The van der Waals surface area contributed by atoms with Crippen molar-refractivity contribution in [3.8, 4) is 0 Å². The molecule has 0 aliphatic carbocycles. The number of amides is 1. The van der Waals surface area contributed by atoms with Crippen LogP contribution in [-0.2, 0) is 4.74 Å². The van der Waals surface area contributed by atoms with Gasteiger partial charge < -0.3 is 19.7 Å². The molecule has 2 fully saturated rings. The molecule has 2 atom stereocenters. The molecule has 27 heavy (non-hydrogen) atoms. The molecule has 0 unspecified atom stereocenters. The van der Waals surface area contributed by atoms with Crippen molar-refractivity contribution in [1.29, 1.82) is 0 Å². The topological polar surface area (TPSA) is 82.6 Å². The number of piperidine rings is 1. The van der Waals surface area contributed by atoms with E-state index in [4.69, 9.17) is 4.74 Å². The normalized spacial score (nSPS) is 25.0. The van der Waals surface area contributed by atoms with Crippen molar-refractivity contribution in [3.05, 3.63) is 46.2 Å². The fourth-order valence-corrected chi connectivity index (χ4v) is 4.51. The van der Waals surface area contributed by atoms with Gasteiger partial charge in [0.05, 0.1) is 23.4 Å². The highest BCUT2D eigenvalue weighted by Crippen LogP contribution is 2.38. The van der Waals surface area contributed by atoms with Gasteiger partial charge in [0.2, 0.25) is 5.56 Å². The van der Waals surface area contributed by atoms with E-state index in [0.717, 1.165) is 11.8 Å². The second kappa shape index (κ2) is 7.09. The Bertz CT molecular complexity index is 898. The number of pyridine rings is 1. The Morgan fingerprint density at radius 1 is 1.33 bits per heavy atom. The van der Waals surface area contributed by atoms with Crippen LogP contribution in [0.5, 0.6) is 0 Å². The maximum Gasteiger partial charge on any atom is 0.254 e. The standard InChI is InChI=1S/C21H26N2O4/c1-2-15-11-14(24)13-21(27-15)7-9-23(10-8-21)20(26)17-12-19(25)22-18-6-4-3-5-16(17)18/h3-6,12,14-15,24H,2,7-11,13H2,1H3,(H,22,25)/t14-,15+/m1/s1. The number of hydrogen-bond donors (Lipinski definition) is 2. The Balaban J connectivity index is 1.54. The smallest absolute Gasteiger partial charge is 0.254 e. The summed E-state index contributed by atoms with van der Waals surface area (Å²) in [5, 5.41) is 11.0. The summed E-state index contributed by atoms with van der Waals surface area (Å²) >= 11 is 0. The van der Waals surface area contributed by atoms with E-state index in [2.05, 4.69) is 11.9 Å². The molecule has 3 heterocycles. The maximum atomic E-state index is 13.1. The van der Waals surface area contributed by atoms with Crippen LogP contribution >= 0.6 is 0 Å². The zero-order valence-electron chi connectivity index (χ0n) is 15.6. The summed E-state index contributed by atoms with van der Waals surface area (Å²) in [7, 11) is 0. The SMILES string of the molecule is CC[C@H]1C[C@@H](O)CC2(CCN(C(=O)c3cc(=O)[nH]c4ccccc34)CC2)O1. The van der Waals surface area contributed by atoms with Gasteiger partial charge in [-0.2, -0.15) is 0 Å². The molecule has 1 spiro atoms. The molecule has 6 nitrogen and oxygen atoms in total. The number of para-hydroxylation sites is 1. The lowest BCUT2D eigenvalue weighted by Gasteiger charge is -2.47. The fourth-order valence-electron chi connectivity index (χ4n) is 4.51. The Morgan fingerprint density at radius 2 is 2.07 bits per heavy atom. The molecular formula is C21H26N2O4. The van der Waals surface area contributed by atoms with Crippen LogP contribution < -0.4 is 5.56 Å². The lowest BCUT2D eigenvalue weighted by Crippen LogP contribution is -2.53. The first-order chi connectivity index (χ1) is 13.0. The van der Waals surface area contributed by atoms with E-state index in [-0.39, 0.29) is 29.3 Å². The van der Waals surface area contributed by atoms with E-state index in [1.165, 1.54) is 6.07 Å². The monoisotopic (exact) mass is 370 g/mol. The minimum Gasteiger partial charge on any atom is -0.393 e. The first-order valence-corrected chi connectivity index (χ1v) is 9.77. The van der Waals surface area contributed by atoms with Crippen LogP contribution in [0.4, 0.5) is 0 Å². The van der Waals surface area contributed by atoms with E-state index < -0.39 is 0 Å². The molecule has 2 aromatic rings. The number of aliphatic hydroxyl groups is 1. The largest absolute Gasteiger partial charge is 0.393 e. The van der Waals surface area contributed by atoms with Gasteiger partial charge in [-0.1, -0.05) is 25.1 Å². The molecule has 2 aliphatic rings. The summed E-state index contributed by atoms with van der Waals surface area (Å²) < 4.78 is 6.30. The number of benzene rings is 1. The number of hydrogen-bond acceptors (Lipinski definition) is 4. The summed E-state index contributed by atoms with van der Waals surface area (Å²) in [5.74, 6) is -0.115. The van der Waals surface area contributed by atoms with Crippen molar-refractivity contribution >= 4 is 16.8 Å². The molecular weight excluding hydrogens is 344 g/mol. The third-order valence-electron chi connectivity index (χ3n) is 5.96. The van der Waals surface area contributed by atoms with E-state index in [9.17, 15) is 14.7 Å². The van der Waals surface area contributed by atoms with Gasteiger partial charge in [0.25, 0.3) is 5.91 Å². The molecule has 144 valence electrons. The van der Waals surface area contributed by atoms with Crippen molar-refractivity contribution < 1.29 is 14.6 Å². The molecule has 0 saturated carbocycles. The van der Waals surface area contributed by atoms with Crippen LogP contribution in [-0.4, -0.2) is 51.8 Å². The van der Waals surface area contributed by atoms with Crippen LogP contribution in [0.3, 0.4) is 0 Å². The van der Waals surface area contributed by atoms with Gasteiger partial charge in [-0.3, -0.25) is 9.59 Å². The Hall–Kier alpha value is -2.18. The second-order valence-electron chi connectivity index (χ2n) is 7.81. The van der Waals surface area contributed by atoms with Crippen LogP contribution in [0, 0.1) is 0 Å². The van der Waals surface area contributed by atoms with Crippen LogP contribution in [0.15, 0.2) is 35.1 Å². The molecule has 2 aliphatic heterocycles. The number of aromatic nitrogens is 1. The van der Waals surface area contributed by atoms with Gasteiger partial charge in [-0.25, -0.2) is 0 Å². The first-order valence-electron chi connectivity index (χ1n) is 9.77. The molecule has 0 bridgehead atoms. The summed E-state index contributed by atoms with van der Waals surface area (Å²) in [4.78, 5) is 29.6. The van der Waals surface area contributed by atoms with E-state index in [1.807, 2.05) is 18.2 Å². The van der Waals surface area contributed by atoms with Crippen LogP contribution in [0.25, 0.3) is 10.9 Å². The number of ether oxygens (including phenoxy) is 1. The first kappa shape index (κ1) is 18.2. The highest BCUT2D eigenvalue weighted by Gasteiger charge is 2.43. The number of aliphatic hydroxyl groups excluding tert-OH is 1. The van der Waals surface area contributed by atoms with Crippen LogP contribution in [0.2, 0.25) is 0 Å². The molecule has 2 N–H and O–H groups in total. The highest BCUT2D eigenvalue weighted by molar-refractivity contribution is 6.05. The van der Waals surface area contributed by atoms with Gasteiger partial charge >= 0.3 is 0 Å². The average Bonchev–Trinajstić information content (AvgIpc) is 2.66. The maximum absolute atomic E-state index is 13.1. The number of carbonyl (C=O) groups is 1. The number of carbonyl (C=O) groups excluding carboxylic acids is 1. The third kappa shape index (κ3) is 3.51. The Kier molecular flexibility index (Phi) is 4.78. The number of H-pyrrole nitrogens is 1. The van der Waals surface area contributed by atoms with Crippen molar-refractivity contribution in [1.82, 2.24) is 9.88 Å². The molecule has 1 aromatic heterocycles. The van der Waals surface area contributed by atoms with Gasteiger partial charge in [-0.05, 0) is 31.7 Å². The number of fused-ring (bicyclic) bond motifs is 1. The van der Waals surface area contributed by atoms with Gasteiger partial charge in [0.1, 0.15) is 0 Å². The zero-order chi connectivity index (χ0) is 19.0. The molecule has 2 saturated heterocycles. The minimum atomic E-state index is -0.331. The van der Waals surface area contributed by atoms with E-state index >= 15 is 0 Å². The molecule has 4 rings (SSSR count). The number of rotatable bonds is 2. The lowest BCUT2D eigenvalue weighted by molar-refractivity contribution is -0.179. The van der Waals surface area contributed by atoms with Crippen molar-refractivity contribution in [2.45, 2.75) is 56.8 Å². The predicted molar refractivity (Wildman–Crippen MR) is 103 cm³/mol. The zero-order valence-corrected chi connectivity index (χ0v) is 15.6. The van der Waals surface area contributed by atoms with Crippen molar-refractivity contribution in [2.24, 2.45) is 0 Å². The van der Waals surface area contributed by atoms with Gasteiger partial charge in [0, 0.05) is 36.5 Å². The highest BCUT2D eigenvalue weighted by atomic mass is 16.5. The predicted octanol–water partition coefficient (Wildman–Crippen LogP) is 2.45. The summed E-state index contributed by atoms with van der Waals surface area (Å²) in [5.41, 5.74) is 0.522. The number of likely N-dealkylation sites (tertiary alicyclic amines) is 1. The molecule has 1 aromatic carbocycles. The summed E-state index contributed by atoms with van der Waals surface area (Å²) in [6, 6.07) is 8.76. The molecule has 6 heteroatoms. The van der Waals surface area contributed by atoms with Crippen molar-refractivity contribution in [3.63, 3.8) is 0 Å². The molecule has 0 radical (unpaired) electrons.